The first-order chi connectivity index (χ1) is 11.3. The van der Waals surface area contributed by atoms with Gasteiger partial charge in [0.1, 0.15) is 0 Å². The molecule has 1 aliphatic heterocycles. The summed E-state index contributed by atoms with van der Waals surface area (Å²) in [6.07, 6.45) is 5.89. The number of rotatable bonds is 3. The van der Waals surface area contributed by atoms with E-state index in [1.807, 2.05) is 17.5 Å². The molecule has 23 heavy (non-hydrogen) atoms. The molecule has 0 amide bonds. The van der Waals surface area contributed by atoms with Crippen LogP contribution in [-0.4, -0.2) is 31.4 Å². The maximum Gasteiger partial charge on any atom is 0.255 e. The second-order valence-electron chi connectivity index (χ2n) is 5.47. The van der Waals surface area contributed by atoms with Crippen LogP contribution in [0.1, 0.15) is 17.0 Å². The third-order valence-electron chi connectivity index (χ3n) is 3.90. The van der Waals surface area contributed by atoms with E-state index in [2.05, 4.69) is 24.8 Å². The lowest BCUT2D eigenvalue weighted by Gasteiger charge is -2.27. The molecule has 0 atom stereocenters. The van der Waals surface area contributed by atoms with Crippen LogP contribution in [0.15, 0.2) is 40.9 Å². The minimum atomic E-state index is -0.0396. The van der Waals surface area contributed by atoms with E-state index in [9.17, 15) is 4.79 Å². The van der Waals surface area contributed by atoms with Gasteiger partial charge in [0.15, 0.2) is 5.82 Å². The summed E-state index contributed by atoms with van der Waals surface area (Å²) in [5.41, 5.74) is 2.55. The van der Waals surface area contributed by atoms with Crippen molar-refractivity contribution in [2.75, 3.05) is 6.54 Å². The molecule has 4 rings (SSSR count). The molecular formula is C16H15N5OS. The van der Waals surface area contributed by atoms with Gasteiger partial charge in [-0.2, -0.15) is 0 Å². The Morgan fingerprint density at radius 1 is 1.35 bits per heavy atom. The molecule has 3 aromatic rings. The summed E-state index contributed by atoms with van der Waals surface area (Å²) in [6.45, 7) is 2.16. The van der Waals surface area contributed by atoms with Crippen LogP contribution in [0.4, 0.5) is 0 Å². The van der Waals surface area contributed by atoms with Gasteiger partial charge in [-0.25, -0.2) is 4.98 Å². The standard InChI is InChI=1S/C16H15N5OS/c22-16-12-10-21(9-11-8-17-4-5-18-11)6-3-13(12)19-15(20-16)14-2-1-7-23-14/h1-2,4-5,7-8H,3,6,9-10H2,(H,19,20,22). The lowest BCUT2D eigenvalue weighted by Crippen LogP contribution is -2.35. The number of hydrogen-bond donors (Lipinski definition) is 1. The highest BCUT2D eigenvalue weighted by atomic mass is 32.1. The van der Waals surface area contributed by atoms with E-state index in [4.69, 9.17) is 0 Å². The van der Waals surface area contributed by atoms with E-state index >= 15 is 0 Å². The minimum absolute atomic E-state index is 0.0396. The minimum Gasteiger partial charge on any atom is -0.306 e. The summed E-state index contributed by atoms with van der Waals surface area (Å²) in [7, 11) is 0. The molecule has 1 aliphatic rings. The molecule has 0 aliphatic carbocycles. The van der Waals surface area contributed by atoms with Gasteiger partial charge in [0.05, 0.1) is 21.8 Å². The van der Waals surface area contributed by atoms with E-state index < -0.39 is 0 Å². The fraction of sp³-hybridized carbons (Fsp3) is 0.250. The summed E-state index contributed by atoms with van der Waals surface area (Å²) >= 11 is 1.58. The zero-order chi connectivity index (χ0) is 15.6. The molecule has 3 aromatic heterocycles. The number of H-pyrrole nitrogens is 1. The molecule has 0 saturated carbocycles. The molecule has 6 nitrogen and oxygen atoms in total. The van der Waals surface area contributed by atoms with Gasteiger partial charge in [0, 0.05) is 44.6 Å². The van der Waals surface area contributed by atoms with Crippen molar-refractivity contribution in [1.82, 2.24) is 24.8 Å². The van der Waals surface area contributed by atoms with E-state index in [-0.39, 0.29) is 5.56 Å². The van der Waals surface area contributed by atoms with Crippen molar-refractivity contribution in [2.45, 2.75) is 19.5 Å². The zero-order valence-corrected chi connectivity index (χ0v) is 13.2. The SMILES string of the molecule is O=c1[nH]c(-c2cccs2)nc2c1CN(Cc1cnccn1)CC2. The van der Waals surface area contributed by atoms with Crippen LogP contribution < -0.4 is 5.56 Å². The number of nitrogens with zero attached hydrogens (tertiary/aromatic N) is 4. The smallest absolute Gasteiger partial charge is 0.255 e. The highest BCUT2D eigenvalue weighted by molar-refractivity contribution is 7.13. The number of hydrogen-bond acceptors (Lipinski definition) is 6. The monoisotopic (exact) mass is 325 g/mol. The Kier molecular flexibility index (Phi) is 3.72. The van der Waals surface area contributed by atoms with Crippen LogP contribution in [0.2, 0.25) is 0 Å². The normalized spacial score (nSPS) is 14.6. The van der Waals surface area contributed by atoms with Crippen molar-refractivity contribution in [3.8, 4) is 10.7 Å². The van der Waals surface area contributed by atoms with Crippen molar-refractivity contribution in [3.05, 3.63) is 63.4 Å². The molecule has 0 bridgehead atoms. The molecule has 0 spiro atoms. The molecule has 1 N–H and O–H groups in total. The van der Waals surface area contributed by atoms with Crippen molar-refractivity contribution in [1.29, 1.82) is 0 Å². The third-order valence-corrected chi connectivity index (χ3v) is 4.78. The molecule has 0 saturated heterocycles. The summed E-state index contributed by atoms with van der Waals surface area (Å²) in [5, 5.41) is 1.98. The Labute approximate surface area is 136 Å². The number of fused-ring (bicyclic) bond motifs is 1. The quantitative estimate of drug-likeness (QED) is 0.795. The zero-order valence-electron chi connectivity index (χ0n) is 12.4. The Hall–Kier alpha value is -2.38. The molecule has 0 aromatic carbocycles. The first kappa shape index (κ1) is 14.2. The Bertz CT molecular complexity index is 860. The molecule has 116 valence electrons. The number of aromatic amines is 1. The summed E-state index contributed by atoms with van der Waals surface area (Å²) in [4.78, 5) is 31.6. The largest absolute Gasteiger partial charge is 0.306 e. The van der Waals surface area contributed by atoms with Gasteiger partial charge in [-0.15, -0.1) is 11.3 Å². The Morgan fingerprint density at radius 2 is 2.30 bits per heavy atom. The van der Waals surface area contributed by atoms with Crippen LogP contribution in [0.3, 0.4) is 0 Å². The highest BCUT2D eigenvalue weighted by Gasteiger charge is 2.22. The van der Waals surface area contributed by atoms with Crippen molar-refractivity contribution in [2.24, 2.45) is 0 Å². The average molecular weight is 325 g/mol. The molecule has 0 radical (unpaired) electrons. The number of nitrogens with one attached hydrogen (secondary N) is 1. The fourth-order valence-corrected chi connectivity index (χ4v) is 3.46. The van der Waals surface area contributed by atoms with Gasteiger partial charge in [-0.1, -0.05) is 6.07 Å². The molecule has 7 heteroatoms. The first-order valence-corrected chi connectivity index (χ1v) is 8.31. The van der Waals surface area contributed by atoms with Gasteiger partial charge in [0.25, 0.3) is 5.56 Å². The highest BCUT2D eigenvalue weighted by Crippen LogP contribution is 2.22. The number of aromatic nitrogens is 4. The topological polar surface area (TPSA) is 74.8 Å². The van der Waals surface area contributed by atoms with Gasteiger partial charge < -0.3 is 4.98 Å². The van der Waals surface area contributed by atoms with Crippen molar-refractivity contribution >= 4 is 11.3 Å². The average Bonchev–Trinajstić information content (AvgIpc) is 3.11. The van der Waals surface area contributed by atoms with Crippen LogP contribution >= 0.6 is 11.3 Å². The fourth-order valence-electron chi connectivity index (χ4n) is 2.79. The van der Waals surface area contributed by atoms with Crippen LogP contribution in [0.5, 0.6) is 0 Å². The summed E-state index contributed by atoms with van der Waals surface area (Å²) < 4.78 is 0. The molecule has 0 fully saturated rings. The first-order valence-electron chi connectivity index (χ1n) is 7.43. The maximum atomic E-state index is 12.4. The van der Waals surface area contributed by atoms with Crippen LogP contribution in [-0.2, 0) is 19.5 Å². The van der Waals surface area contributed by atoms with Crippen molar-refractivity contribution < 1.29 is 0 Å². The van der Waals surface area contributed by atoms with Crippen LogP contribution in [0.25, 0.3) is 10.7 Å². The molecule has 4 heterocycles. The van der Waals surface area contributed by atoms with Crippen LogP contribution in [0, 0.1) is 0 Å². The maximum absolute atomic E-state index is 12.4. The lowest BCUT2D eigenvalue weighted by atomic mass is 10.1. The van der Waals surface area contributed by atoms with Gasteiger partial charge >= 0.3 is 0 Å². The van der Waals surface area contributed by atoms with Gasteiger partial charge in [-0.3, -0.25) is 19.7 Å². The predicted octanol–water partition coefficient (Wildman–Crippen LogP) is 1.85. The lowest BCUT2D eigenvalue weighted by molar-refractivity contribution is 0.238. The second kappa shape index (κ2) is 6.02. The Balaban J connectivity index is 1.59. The van der Waals surface area contributed by atoms with E-state index in [1.165, 1.54) is 0 Å². The molecule has 0 unspecified atom stereocenters. The van der Waals surface area contributed by atoms with Crippen molar-refractivity contribution in [3.63, 3.8) is 0 Å². The van der Waals surface area contributed by atoms with Gasteiger partial charge in [-0.05, 0) is 11.4 Å². The summed E-state index contributed by atoms with van der Waals surface area (Å²) in [6, 6.07) is 3.93. The molecular weight excluding hydrogens is 310 g/mol. The van der Waals surface area contributed by atoms with E-state index in [1.54, 1.807) is 29.9 Å². The van der Waals surface area contributed by atoms with E-state index in [0.717, 1.165) is 34.8 Å². The predicted molar refractivity (Wildman–Crippen MR) is 88.0 cm³/mol. The second-order valence-corrected chi connectivity index (χ2v) is 6.42. The van der Waals surface area contributed by atoms with Gasteiger partial charge in [0.2, 0.25) is 0 Å². The third kappa shape index (κ3) is 2.93. The summed E-state index contributed by atoms with van der Waals surface area (Å²) in [5.74, 6) is 0.672. The number of thiophene rings is 1. The van der Waals surface area contributed by atoms with E-state index in [0.29, 0.717) is 18.9 Å². The Morgan fingerprint density at radius 3 is 3.09 bits per heavy atom.